The van der Waals surface area contributed by atoms with Crippen molar-refractivity contribution in [1.29, 1.82) is 0 Å². The van der Waals surface area contributed by atoms with Crippen molar-refractivity contribution in [3.8, 4) is 5.69 Å². The Hall–Kier alpha value is -2.53. The summed E-state index contributed by atoms with van der Waals surface area (Å²) in [6.45, 7) is 1.84. The molecular weight excluding hydrogens is 267 g/mol. The molecule has 106 valence electrons. The molecule has 1 unspecified atom stereocenters. The van der Waals surface area contributed by atoms with Gasteiger partial charge in [-0.05, 0) is 42.3 Å². The van der Waals surface area contributed by atoms with Crippen molar-refractivity contribution < 1.29 is 4.39 Å². The van der Waals surface area contributed by atoms with E-state index in [0.29, 0.717) is 0 Å². The highest BCUT2D eigenvalue weighted by atomic mass is 19.1. The van der Waals surface area contributed by atoms with E-state index in [0.717, 1.165) is 22.5 Å². The van der Waals surface area contributed by atoms with Gasteiger partial charge in [0, 0.05) is 0 Å². The van der Waals surface area contributed by atoms with E-state index in [4.69, 9.17) is 5.73 Å². The monoisotopic (exact) mass is 282 g/mol. The molecule has 0 aliphatic rings. The first kappa shape index (κ1) is 13.5. The number of aromatic nitrogens is 3. The summed E-state index contributed by atoms with van der Waals surface area (Å²) in [4.78, 5) is 0. The summed E-state index contributed by atoms with van der Waals surface area (Å²) in [5.41, 5.74) is 9.64. The molecule has 0 spiro atoms. The first-order valence-electron chi connectivity index (χ1n) is 6.64. The van der Waals surface area contributed by atoms with Crippen LogP contribution >= 0.6 is 0 Å². The van der Waals surface area contributed by atoms with Gasteiger partial charge in [-0.3, -0.25) is 0 Å². The third-order valence-corrected chi connectivity index (χ3v) is 3.46. The summed E-state index contributed by atoms with van der Waals surface area (Å²) >= 11 is 0. The third-order valence-electron chi connectivity index (χ3n) is 3.46. The van der Waals surface area contributed by atoms with Gasteiger partial charge in [-0.1, -0.05) is 29.5 Å². The number of para-hydroxylation sites is 1. The second-order valence-electron chi connectivity index (χ2n) is 4.88. The van der Waals surface area contributed by atoms with E-state index < -0.39 is 6.04 Å². The molecule has 21 heavy (non-hydrogen) atoms. The maximum absolute atomic E-state index is 13.2. The normalized spacial score (nSPS) is 12.3. The molecule has 0 bridgehead atoms. The minimum Gasteiger partial charge on any atom is -0.319 e. The number of hydrogen-bond donors (Lipinski definition) is 1. The smallest absolute Gasteiger partial charge is 0.123 e. The summed E-state index contributed by atoms with van der Waals surface area (Å²) in [7, 11) is 0. The van der Waals surface area contributed by atoms with Crippen LogP contribution in [0, 0.1) is 12.7 Å². The molecular formula is C16H15FN4. The maximum atomic E-state index is 13.2. The average molecular weight is 282 g/mol. The van der Waals surface area contributed by atoms with Crippen LogP contribution in [0.4, 0.5) is 4.39 Å². The van der Waals surface area contributed by atoms with Crippen molar-refractivity contribution in [3.63, 3.8) is 0 Å². The highest BCUT2D eigenvalue weighted by Gasteiger charge is 2.18. The predicted octanol–water partition coefficient (Wildman–Crippen LogP) is 2.76. The first-order valence-corrected chi connectivity index (χ1v) is 6.64. The Bertz CT molecular complexity index is 752. The molecule has 0 radical (unpaired) electrons. The molecule has 1 aromatic heterocycles. The quantitative estimate of drug-likeness (QED) is 0.803. The second-order valence-corrected chi connectivity index (χ2v) is 4.88. The van der Waals surface area contributed by atoms with Crippen LogP contribution in [0.25, 0.3) is 5.69 Å². The predicted molar refractivity (Wildman–Crippen MR) is 78.5 cm³/mol. The molecule has 3 rings (SSSR count). The SMILES string of the molecule is Cc1cc(F)ccc1C(N)c1cnnn1-c1ccccc1. The van der Waals surface area contributed by atoms with E-state index in [1.165, 1.54) is 12.1 Å². The minimum atomic E-state index is -0.416. The molecule has 0 aliphatic carbocycles. The summed E-state index contributed by atoms with van der Waals surface area (Å²) in [5, 5.41) is 8.04. The van der Waals surface area contributed by atoms with Crippen LogP contribution in [-0.4, -0.2) is 15.0 Å². The van der Waals surface area contributed by atoms with E-state index in [-0.39, 0.29) is 5.82 Å². The Balaban J connectivity index is 2.03. The zero-order valence-corrected chi connectivity index (χ0v) is 11.6. The second kappa shape index (κ2) is 5.46. The highest BCUT2D eigenvalue weighted by molar-refractivity contribution is 5.38. The number of rotatable bonds is 3. The minimum absolute atomic E-state index is 0.266. The molecule has 3 aromatic rings. The number of hydrogen-bond acceptors (Lipinski definition) is 3. The maximum Gasteiger partial charge on any atom is 0.123 e. The van der Waals surface area contributed by atoms with Crippen LogP contribution < -0.4 is 5.73 Å². The van der Waals surface area contributed by atoms with E-state index >= 15 is 0 Å². The van der Waals surface area contributed by atoms with Crippen LogP contribution in [0.1, 0.15) is 22.9 Å². The molecule has 2 aromatic carbocycles. The van der Waals surface area contributed by atoms with E-state index in [9.17, 15) is 4.39 Å². The van der Waals surface area contributed by atoms with Crippen molar-refractivity contribution in [3.05, 3.63) is 77.4 Å². The van der Waals surface area contributed by atoms with Gasteiger partial charge < -0.3 is 5.73 Å². The van der Waals surface area contributed by atoms with E-state index in [2.05, 4.69) is 10.3 Å². The lowest BCUT2D eigenvalue weighted by Gasteiger charge is -2.16. The van der Waals surface area contributed by atoms with Crippen molar-refractivity contribution >= 4 is 0 Å². The fourth-order valence-electron chi connectivity index (χ4n) is 2.37. The van der Waals surface area contributed by atoms with Gasteiger partial charge in [0.05, 0.1) is 23.6 Å². The molecule has 1 heterocycles. The lowest BCUT2D eigenvalue weighted by molar-refractivity contribution is 0.624. The summed E-state index contributed by atoms with van der Waals surface area (Å²) in [6.07, 6.45) is 1.64. The lowest BCUT2D eigenvalue weighted by Crippen LogP contribution is -2.17. The molecule has 4 nitrogen and oxygen atoms in total. The Morgan fingerprint density at radius 3 is 2.62 bits per heavy atom. The molecule has 2 N–H and O–H groups in total. The molecule has 0 aliphatic heterocycles. The van der Waals surface area contributed by atoms with E-state index in [1.807, 2.05) is 37.3 Å². The Kier molecular flexibility index (Phi) is 3.50. The van der Waals surface area contributed by atoms with Crippen LogP contribution in [0.2, 0.25) is 0 Å². The Morgan fingerprint density at radius 2 is 1.90 bits per heavy atom. The van der Waals surface area contributed by atoms with Gasteiger partial charge in [0.15, 0.2) is 0 Å². The summed E-state index contributed by atoms with van der Waals surface area (Å²) in [6, 6.07) is 13.8. The third kappa shape index (κ3) is 2.55. The van der Waals surface area contributed by atoms with E-state index in [1.54, 1.807) is 16.9 Å². The molecule has 0 saturated heterocycles. The van der Waals surface area contributed by atoms with Crippen LogP contribution in [0.5, 0.6) is 0 Å². The van der Waals surface area contributed by atoms with Crippen LogP contribution in [-0.2, 0) is 0 Å². The number of aryl methyl sites for hydroxylation is 1. The van der Waals surface area contributed by atoms with Gasteiger partial charge in [-0.15, -0.1) is 5.10 Å². The Labute approximate surface area is 122 Å². The summed E-state index contributed by atoms with van der Waals surface area (Å²) in [5.74, 6) is -0.266. The van der Waals surface area contributed by atoms with Gasteiger partial charge >= 0.3 is 0 Å². The summed E-state index contributed by atoms with van der Waals surface area (Å²) < 4.78 is 14.9. The zero-order valence-electron chi connectivity index (χ0n) is 11.6. The number of benzene rings is 2. The molecule has 0 saturated carbocycles. The number of halogens is 1. The van der Waals surface area contributed by atoms with Gasteiger partial charge in [0.25, 0.3) is 0 Å². The van der Waals surface area contributed by atoms with Crippen molar-refractivity contribution in [2.75, 3.05) is 0 Å². The molecule has 1 atom stereocenters. The van der Waals surface area contributed by atoms with Gasteiger partial charge in [-0.25, -0.2) is 9.07 Å². The number of nitrogens with two attached hydrogens (primary N) is 1. The van der Waals surface area contributed by atoms with Crippen LogP contribution in [0.3, 0.4) is 0 Å². The zero-order chi connectivity index (χ0) is 14.8. The largest absolute Gasteiger partial charge is 0.319 e. The van der Waals surface area contributed by atoms with Crippen molar-refractivity contribution in [2.24, 2.45) is 5.73 Å². The van der Waals surface area contributed by atoms with Gasteiger partial charge in [-0.2, -0.15) is 0 Å². The highest BCUT2D eigenvalue weighted by Crippen LogP contribution is 2.24. The lowest BCUT2D eigenvalue weighted by atomic mass is 9.99. The molecule has 5 heteroatoms. The first-order chi connectivity index (χ1) is 10.2. The fraction of sp³-hybridized carbons (Fsp3) is 0.125. The van der Waals surface area contributed by atoms with Crippen molar-refractivity contribution in [1.82, 2.24) is 15.0 Å². The van der Waals surface area contributed by atoms with Crippen molar-refractivity contribution in [2.45, 2.75) is 13.0 Å². The number of nitrogens with zero attached hydrogens (tertiary/aromatic N) is 3. The standard InChI is InChI=1S/C16H15FN4/c1-11-9-12(17)7-8-14(11)16(18)15-10-19-20-21(15)13-5-3-2-4-6-13/h2-10,16H,18H2,1H3. The Morgan fingerprint density at radius 1 is 1.14 bits per heavy atom. The molecule has 0 fully saturated rings. The topological polar surface area (TPSA) is 56.7 Å². The van der Waals surface area contributed by atoms with Crippen LogP contribution in [0.15, 0.2) is 54.7 Å². The average Bonchev–Trinajstić information content (AvgIpc) is 2.97. The molecule has 0 amide bonds. The van der Waals surface area contributed by atoms with Gasteiger partial charge in [0.1, 0.15) is 5.82 Å². The van der Waals surface area contributed by atoms with Gasteiger partial charge in [0.2, 0.25) is 0 Å². The fourth-order valence-corrected chi connectivity index (χ4v) is 2.37.